The molecule has 0 N–H and O–H groups in total. The van der Waals surface area contributed by atoms with Gasteiger partial charge in [-0.3, -0.25) is 0 Å². The second-order valence-electron chi connectivity index (χ2n) is 4.82. The average molecular weight is 285 g/mol. The monoisotopic (exact) mass is 284 g/mol. The van der Waals surface area contributed by atoms with Gasteiger partial charge in [0.15, 0.2) is 0 Å². The van der Waals surface area contributed by atoms with Crippen molar-refractivity contribution in [3.8, 4) is 11.5 Å². The molecule has 0 fully saturated rings. The van der Waals surface area contributed by atoms with E-state index in [1.54, 1.807) is 14.2 Å². The molecule has 0 heterocycles. The highest BCUT2D eigenvalue weighted by molar-refractivity contribution is 6.21. The topological polar surface area (TPSA) is 18.5 Å². The van der Waals surface area contributed by atoms with Crippen molar-refractivity contribution in [1.29, 1.82) is 0 Å². The van der Waals surface area contributed by atoms with Crippen LogP contribution in [0.25, 0.3) is 0 Å². The SMILES string of the molecule is CCCCC(CC)C(Cl)c1cc(OC)ccc1OC. The number of rotatable bonds is 8. The summed E-state index contributed by atoms with van der Waals surface area (Å²) >= 11 is 6.69. The Labute approximate surface area is 122 Å². The predicted molar refractivity (Wildman–Crippen MR) is 81.4 cm³/mol. The molecule has 1 aromatic carbocycles. The maximum atomic E-state index is 6.69. The fourth-order valence-electron chi connectivity index (χ4n) is 2.33. The Morgan fingerprint density at radius 2 is 1.89 bits per heavy atom. The van der Waals surface area contributed by atoms with Crippen LogP contribution in [0, 0.1) is 5.92 Å². The largest absolute Gasteiger partial charge is 0.497 e. The second-order valence-corrected chi connectivity index (χ2v) is 5.29. The van der Waals surface area contributed by atoms with Crippen LogP contribution in [-0.4, -0.2) is 14.2 Å². The number of hydrogen-bond donors (Lipinski definition) is 0. The van der Waals surface area contributed by atoms with Gasteiger partial charge in [-0.15, -0.1) is 11.6 Å². The van der Waals surface area contributed by atoms with Crippen LogP contribution in [-0.2, 0) is 0 Å². The van der Waals surface area contributed by atoms with E-state index in [4.69, 9.17) is 21.1 Å². The predicted octanol–water partition coefficient (Wildman–Crippen LogP) is 5.20. The summed E-state index contributed by atoms with van der Waals surface area (Å²) in [5, 5.41) is -0.0263. The molecule has 2 nitrogen and oxygen atoms in total. The van der Waals surface area contributed by atoms with Crippen molar-refractivity contribution in [2.45, 2.75) is 44.9 Å². The van der Waals surface area contributed by atoms with Crippen molar-refractivity contribution in [2.75, 3.05) is 14.2 Å². The average Bonchev–Trinajstić information content (AvgIpc) is 2.47. The normalized spacial score (nSPS) is 13.9. The molecular weight excluding hydrogens is 260 g/mol. The third-order valence-corrected chi connectivity index (χ3v) is 4.19. The molecule has 0 aliphatic heterocycles. The van der Waals surface area contributed by atoms with Crippen molar-refractivity contribution < 1.29 is 9.47 Å². The standard InChI is InChI=1S/C16H25ClO2/c1-5-7-8-12(6-2)16(17)14-11-13(18-3)9-10-15(14)19-4/h9-12,16H,5-8H2,1-4H3. The lowest BCUT2D eigenvalue weighted by atomic mass is 9.91. The van der Waals surface area contributed by atoms with Gasteiger partial charge >= 0.3 is 0 Å². The molecule has 19 heavy (non-hydrogen) atoms. The Bertz CT molecular complexity index is 379. The molecule has 0 amide bonds. The molecule has 0 radical (unpaired) electrons. The van der Waals surface area contributed by atoms with Gasteiger partial charge in [-0.1, -0.05) is 33.1 Å². The van der Waals surface area contributed by atoms with Gasteiger partial charge in [0, 0.05) is 5.56 Å². The first-order chi connectivity index (χ1) is 9.17. The van der Waals surface area contributed by atoms with Crippen molar-refractivity contribution in [1.82, 2.24) is 0 Å². The van der Waals surface area contributed by atoms with Crippen molar-refractivity contribution in [3.05, 3.63) is 23.8 Å². The van der Waals surface area contributed by atoms with E-state index >= 15 is 0 Å². The van der Waals surface area contributed by atoms with E-state index in [-0.39, 0.29) is 5.38 Å². The van der Waals surface area contributed by atoms with Crippen molar-refractivity contribution >= 4 is 11.6 Å². The van der Waals surface area contributed by atoms with Gasteiger partial charge < -0.3 is 9.47 Å². The molecule has 0 saturated carbocycles. The number of alkyl halides is 1. The molecule has 3 heteroatoms. The van der Waals surface area contributed by atoms with Crippen LogP contribution in [0.15, 0.2) is 18.2 Å². The van der Waals surface area contributed by atoms with Gasteiger partial charge in [-0.05, 0) is 30.5 Å². The molecule has 0 saturated heterocycles. The summed E-state index contributed by atoms with van der Waals surface area (Å²) in [5.74, 6) is 2.14. The fraction of sp³-hybridized carbons (Fsp3) is 0.625. The number of ether oxygens (including phenoxy) is 2. The lowest BCUT2D eigenvalue weighted by molar-refractivity contribution is 0.384. The zero-order valence-electron chi connectivity index (χ0n) is 12.4. The molecule has 108 valence electrons. The summed E-state index contributed by atoms with van der Waals surface area (Å²) in [7, 11) is 3.35. The number of unbranched alkanes of at least 4 members (excludes halogenated alkanes) is 1. The van der Waals surface area contributed by atoms with E-state index < -0.39 is 0 Å². The minimum Gasteiger partial charge on any atom is -0.497 e. The molecule has 0 aliphatic carbocycles. The van der Waals surface area contributed by atoms with Crippen LogP contribution in [0.1, 0.15) is 50.5 Å². The molecule has 0 aliphatic rings. The molecule has 0 spiro atoms. The van der Waals surface area contributed by atoms with Crippen LogP contribution >= 0.6 is 11.6 Å². The Balaban J connectivity index is 2.97. The summed E-state index contributed by atoms with van der Waals surface area (Å²) in [6, 6.07) is 5.82. The molecule has 2 atom stereocenters. The van der Waals surface area contributed by atoms with Gasteiger partial charge in [-0.25, -0.2) is 0 Å². The smallest absolute Gasteiger partial charge is 0.123 e. The highest BCUT2D eigenvalue weighted by atomic mass is 35.5. The Morgan fingerprint density at radius 1 is 1.16 bits per heavy atom. The maximum absolute atomic E-state index is 6.69. The number of halogens is 1. The second kappa shape index (κ2) is 8.31. The number of benzene rings is 1. The maximum Gasteiger partial charge on any atom is 0.123 e. The van der Waals surface area contributed by atoms with Crippen LogP contribution in [0.2, 0.25) is 0 Å². The summed E-state index contributed by atoms with van der Waals surface area (Å²) in [4.78, 5) is 0. The van der Waals surface area contributed by atoms with E-state index in [1.807, 2.05) is 18.2 Å². The lowest BCUT2D eigenvalue weighted by Crippen LogP contribution is -2.09. The lowest BCUT2D eigenvalue weighted by Gasteiger charge is -2.23. The number of methoxy groups -OCH3 is 2. The van der Waals surface area contributed by atoms with Crippen LogP contribution in [0.3, 0.4) is 0 Å². The first kappa shape index (κ1) is 16.2. The third kappa shape index (κ3) is 4.31. The first-order valence-electron chi connectivity index (χ1n) is 7.03. The molecule has 0 bridgehead atoms. The Kier molecular flexibility index (Phi) is 7.07. The molecule has 0 aromatic heterocycles. The van der Waals surface area contributed by atoms with Gasteiger partial charge in [0.25, 0.3) is 0 Å². The summed E-state index contributed by atoms with van der Waals surface area (Å²) in [6.45, 7) is 4.41. The van der Waals surface area contributed by atoms with Gasteiger partial charge in [0.1, 0.15) is 11.5 Å². The summed E-state index contributed by atoms with van der Waals surface area (Å²) in [5.41, 5.74) is 1.03. The quantitative estimate of drug-likeness (QED) is 0.611. The fourth-order valence-corrected chi connectivity index (χ4v) is 2.81. The highest BCUT2D eigenvalue weighted by Crippen LogP contribution is 2.40. The molecular formula is C16H25ClO2. The van der Waals surface area contributed by atoms with Crippen LogP contribution in [0.5, 0.6) is 11.5 Å². The molecule has 1 rings (SSSR count). The zero-order chi connectivity index (χ0) is 14.3. The minimum absolute atomic E-state index is 0.0263. The Morgan fingerprint density at radius 3 is 2.42 bits per heavy atom. The summed E-state index contributed by atoms with van der Waals surface area (Å²) in [6.07, 6.45) is 4.65. The van der Waals surface area contributed by atoms with Crippen LogP contribution < -0.4 is 9.47 Å². The molecule has 2 unspecified atom stereocenters. The minimum atomic E-state index is -0.0263. The van der Waals surface area contributed by atoms with Crippen molar-refractivity contribution in [3.63, 3.8) is 0 Å². The van der Waals surface area contributed by atoms with Gasteiger partial charge in [-0.2, -0.15) is 0 Å². The highest BCUT2D eigenvalue weighted by Gasteiger charge is 2.22. The Hall–Kier alpha value is -0.890. The van der Waals surface area contributed by atoms with Gasteiger partial charge in [0.2, 0.25) is 0 Å². The van der Waals surface area contributed by atoms with Crippen LogP contribution in [0.4, 0.5) is 0 Å². The van der Waals surface area contributed by atoms with E-state index in [0.29, 0.717) is 5.92 Å². The third-order valence-electron chi connectivity index (χ3n) is 3.60. The number of hydrogen-bond acceptors (Lipinski definition) is 2. The van der Waals surface area contributed by atoms with E-state index in [1.165, 1.54) is 12.8 Å². The van der Waals surface area contributed by atoms with E-state index in [0.717, 1.165) is 29.9 Å². The van der Waals surface area contributed by atoms with Crippen molar-refractivity contribution in [2.24, 2.45) is 5.92 Å². The summed E-state index contributed by atoms with van der Waals surface area (Å²) < 4.78 is 10.7. The molecule has 1 aromatic rings. The first-order valence-corrected chi connectivity index (χ1v) is 7.47. The van der Waals surface area contributed by atoms with Gasteiger partial charge in [0.05, 0.1) is 19.6 Å². The van der Waals surface area contributed by atoms with E-state index in [9.17, 15) is 0 Å². The zero-order valence-corrected chi connectivity index (χ0v) is 13.2. The van der Waals surface area contributed by atoms with E-state index in [2.05, 4.69) is 13.8 Å².